The van der Waals surface area contributed by atoms with Gasteiger partial charge in [-0.2, -0.15) is 0 Å². The molecule has 0 spiro atoms. The van der Waals surface area contributed by atoms with Gasteiger partial charge in [-0.05, 0) is 0 Å². The first-order valence-electron chi connectivity index (χ1n) is 4.78. The number of aryl methyl sites for hydroxylation is 1. The van der Waals surface area contributed by atoms with E-state index in [0.29, 0.717) is 12.2 Å². The van der Waals surface area contributed by atoms with Crippen LogP contribution in [0.1, 0.15) is 15.5 Å². The number of carbonyl (C=O) groups is 1. The van der Waals surface area contributed by atoms with Crippen LogP contribution in [-0.4, -0.2) is 32.4 Å². The molecule has 0 saturated carbocycles. The maximum Gasteiger partial charge on any atom is 0.274 e. The van der Waals surface area contributed by atoms with Crippen molar-refractivity contribution >= 4 is 17.2 Å². The Balaban J connectivity index is 2.05. The number of nitrogens with zero attached hydrogens (tertiary/aromatic N) is 4. The van der Waals surface area contributed by atoms with Crippen molar-refractivity contribution in [1.82, 2.24) is 19.4 Å². The molecule has 2 aromatic rings. The summed E-state index contributed by atoms with van der Waals surface area (Å²) in [6.07, 6.45) is 5.06. The van der Waals surface area contributed by atoms with Crippen LogP contribution >= 0.6 is 11.3 Å². The van der Waals surface area contributed by atoms with Gasteiger partial charge in [0.05, 0.1) is 12.9 Å². The topological polar surface area (TPSA) is 51.0 Å². The molecule has 0 atom stereocenters. The van der Waals surface area contributed by atoms with Crippen molar-refractivity contribution < 1.29 is 4.79 Å². The molecule has 16 heavy (non-hydrogen) atoms. The van der Waals surface area contributed by atoms with Gasteiger partial charge in [-0.3, -0.25) is 4.79 Å². The van der Waals surface area contributed by atoms with Crippen LogP contribution in [0, 0.1) is 0 Å². The van der Waals surface area contributed by atoms with Gasteiger partial charge in [-0.1, -0.05) is 0 Å². The number of aromatic nitrogens is 3. The molecule has 0 aliphatic carbocycles. The van der Waals surface area contributed by atoms with Crippen LogP contribution in [0.2, 0.25) is 0 Å². The quantitative estimate of drug-likeness (QED) is 0.803. The second kappa shape index (κ2) is 4.44. The van der Waals surface area contributed by atoms with E-state index in [0.717, 1.165) is 5.01 Å². The molecule has 0 aliphatic rings. The Morgan fingerprint density at radius 1 is 1.56 bits per heavy atom. The third-order valence-electron chi connectivity index (χ3n) is 2.13. The summed E-state index contributed by atoms with van der Waals surface area (Å²) in [7, 11) is 3.59. The average molecular weight is 236 g/mol. The summed E-state index contributed by atoms with van der Waals surface area (Å²) in [6.45, 7) is 0.521. The minimum absolute atomic E-state index is 0.0872. The zero-order chi connectivity index (χ0) is 11.5. The van der Waals surface area contributed by atoms with Gasteiger partial charge in [0.15, 0.2) is 0 Å². The summed E-state index contributed by atoms with van der Waals surface area (Å²) < 4.78 is 1.75. The smallest absolute Gasteiger partial charge is 0.274 e. The van der Waals surface area contributed by atoms with Crippen molar-refractivity contribution in [1.29, 1.82) is 0 Å². The number of hydrogen-bond acceptors (Lipinski definition) is 4. The Labute approximate surface area is 97.4 Å². The molecule has 6 heteroatoms. The van der Waals surface area contributed by atoms with Gasteiger partial charge in [0, 0.05) is 31.9 Å². The molecule has 84 valence electrons. The standard InChI is InChI=1S/C10H12N4OS/c1-13-5-8(12-7-13)10(15)14(2)6-9-11-3-4-16-9/h3-5,7H,6H2,1-2H3. The number of carbonyl (C=O) groups excluding carboxylic acids is 1. The van der Waals surface area contributed by atoms with Gasteiger partial charge in [-0.15, -0.1) is 11.3 Å². The van der Waals surface area contributed by atoms with E-state index in [9.17, 15) is 4.79 Å². The number of imidazole rings is 1. The summed E-state index contributed by atoms with van der Waals surface area (Å²) in [6, 6.07) is 0. The van der Waals surface area contributed by atoms with Gasteiger partial charge >= 0.3 is 0 Å². The molecule has 0 unspecified atom stereocenters. The minimum Gasteiger partial charge on any atom is -0.340 e. The molecule has 2 rings (SSSR count). The third kappa shape index (κ3) is 2.27. The molecule has 0 radical (unpaired) electrons. The second-order valence-electron chi connectivity index (χ2n) is 3.51. The molecule has 0 saturated heterocycles. The van der Waals surface area contributed by atoms with Crippen LogP contribution in [-0.2, 0) is 13.6 Å². The van der Waals surface area contributed by atoms with Crippen LogP contribution in [0.15, 0.2) is 24.1 Å². The molecule has 0 bridgehead atoms. The number of thiazole rings is 1. The fraction of sp³-hybridized carbons (Fsp3) is 0.300. The molecular formula is C10H12N4OS. The van der Waals surface area contributed by atoms with E-state index < -0.39 is 0 Å². The molecule has 2 aromatic heterocycles. The lowest BCUT2D eigenvalue weighted by Crippen LogP contribution is -2.26. The zero-order valence-corrected chi connectivity index (χ0v) is 9.94. The largest absolute Gasteiger partial charge is 0.340 e. The Bertz CT molecular complexity index is 477. The lowest BCUT2D eigenvalue weighted by Gasteiger charge is -2.13. The molecular weight excluding hydrogens is 224 g/mol. The highest BCUT2D eigenvalue weighted by molar-refractivity contribution is 7.09. The Morgan fingerprint density at radius 2 is 2.38 bits per heavy atom. The lowest BCUT2D eigenvalue weighted by atomic mass is 10.4. The lowest BCUT2D eigenvalue weighted by molar-refractivity contribution is 0.0779. The van der Waals surface area contributed by atoms with Crippen molar-refractivity contribution in [3.8, 4) is 0 Å². The first-order valence-corrected chi connectivity index (χ1v) is 5.66. The van der Waals surface area contributed by atoms with Gasteiger partial charge in [0.2, 0.25) is 0 Å². The van der Waals surface area contributed by atoms with Gasteiger partial charge in [-0.25, -0.2) is 9.97 Å². The highest BCUT2D eigenvalue weighted by atomic mass is 32.1. The van der Waals surface area contributed by atoms with E-state index in [4.69, 9.17) is 0 Å². The maximum absolute atomic E-state index is 11.9. The molecule has 5 nitrogen and oxygen atoms in total. The molecule has 0 N–H and O–H groups in total. The average Bonchev–Trinajstić information content (AvgIpc) is 2.88. The fourth-order valence-electron chi connectivity index (χ4n) is 1.32. The predicted octanol–water partition coefficient (Wildman–Crippen LogP) is 1.15. The SMILES string of the molecule is CN(Cc1nccs1)C(=O)c1cn(C)cn1. The molecule has 1 amide bonds. The normalized spacial score (nSPS) is 10.4. The number of rotatable bonds is 3. The second-order valence-corrected chi connectivity index (χ2v) is 4.49. The Kier molecular flexibility index (Phi) is 3.00. The molecule has 0 fully saturated rings. The van der Waals surface area contributed by atoms with Crippen LogP contribution in [0.5, 0.6) is 0 Å². The van der Waals surface area contributed by atoms with E-state index in [1.807, 2.05) is 12.4 Å². The first kappa shape index (κ1) is 10.8. The molecule has 2 heterocycles. The first-order chi connectivity index (χ1) is 7.66. The van der Waals surface area contributed by atoms with E-state index in [2.05, 4.69) is 9.97 Å². The summed E-state index contributed by atoms with van der Waals surface area (Å²) in [4.78, 5) is 21.7. The Hall–Kier alpha value is -1.69. The van der Waals surface area contributed by atoms with E-state index >= 15 is 0 Å². The van der Waals surface area contributed by atoms with Crippen molar-refractivity contribution in [3.63, 3.8) is 0 Å². The van der Waals surface area contributed by atoms with Crippen molar-refractivity contribution in [2.45, 2.75) is 6.54 Å². The van der Waals surface area contributed by atoms with E-state index in [1.54, 1.807) is 35.2 Å². The summed E-state index contributed by atoms with van der Waals surface area (Å²) >= 11 is 1.54. The molecule has 0 aromatic carbocycles. The number of amides is 1. The summed E-state index contributed by atoms with van der Waals surface area (Å²) in [5.74, 6) is -0.0872. The zero-order valence-electron chi connectivity index (χ0n) is 9.12. The maximum atomic E-state index is 11.9. The highest BCUT2D eigenvalue weighted by Gasteiger charge is 2.15. The van der Waals surface area contributed by atoms with E-state index in [-0.39, 0.29) is 5.91 Å². The van der Waals surface area contributed by atoms with Gasteiger partial charge < -0.3 is 9.47 Å². The monoisotopic (exact) mass is 236 g/mol. The fourth-order valence-corrected chi connectivity index (χ4v) is 1.99. The number of hydrogen-bond donors (Lipinski definition) is 0. The minimum atomic E-state index is -0.0872. The Morgan fingerprint density at radius 3 is 2.94 bits per heavy atom. The third-order valence-corrected chi connectivity index (χ3v) is 2.89. The van der Waals surface area contributed by atoms with E-state index in [1.165, 1.54) is 11.3 Å². The van der Waals surface area contributed by atoms with Crippen LogP contribution in [0.3, 0.4) is 0 Å². The van der Waals surface area contributed by atoms with Crippen LogP contribution in [0.4, 0.5) is 0 Å². The van der Waals surface area contributed by atoms with Crippen LogP contribution in [0.25, 0.3) is 0 Å². The summed E-state index contributed by atoms with van der Waals surface area (Å²) in [5, 5.41) is 2.82. The van der Waals surface area contributed by atoms with Crippen molar-refractivity contribution in [2.75, 3.05) is 7.05 Å². The summed E-state index contributed by atoms with van der Waals surface area (Å²) in [5.41, 5.74) is 0.460. The van der Waals surface area contributed by atoms with Crippen molar-refractivity contribution in [3.05, 3.63) is 34.8 Å². The van der Waals surface area contributed by atoms with Crippen molar-refractivity contribution in [2.24, 2.45) is 7.05 Å². The highest BCUT2D eigenvalue weighted by Crippen LogP contribution is 2.09. The molecule has 0 aliphatic heterocycles. The van der Waals surface area contributed by atoms with Crippen LogP contribution < -0.4 is 0 Å². The predicted molar refractivity (Wildman–Crippen MR) is 61.1 cm³/mol. The van der Waals surface area contributed by atoms with Gasteiger partial charge in [0.1, 0.15) is 10.7 Å². The van der Waals surface area contributed by atoms with Gasteiger partial charge in [0.25, 0.3) is 5.91 Å².